The Labute approximate surface area is 137 Å². The Balaban J connectivity index is 1.87. The van der Waals surface area contributed by atoms with E-state index >= 15 is 0 Å². The zero-order valence-corrected chi connectivity index (χ0v) is 13.9. The lowest BCUT2D eigenvalue weighted by Crippen LogP contribution is -2.00. The van der Waals surface area contributed by atoms with Crippen molar-refractivity contribution in [1.29, 1.82) is 0 Å². The molecule has 0 radical (unpaired) electrons. The number of hydrogen-bond acceptors (Lipinski definition) is 4. The van der Waals surface area contributed by atoms with Crippen LogP contribution >= 0.6 is 11.8 Å². The van der Waals surface area contributed by atoms with Gasteiger partial charge in [0.2, 0.25) is 0 Å². The molecule has 0 saturated carbocycles. The van der Waals surface area contributed by atoms with Gasteiger partial charge in [0.05, 0.1) is 5.69 Å². The van der Waals surface area contributed by atoms with Crippen LogP contribution in [0.2, 0.25) is 0 Å². The molecule has 0 aliphatic carbocycles. The maximum atomic E-state index is 13.7. The Hall–Kier alpha value is -2.02. The molecular weight excluding hydrogens is 318 g/mol. The van der Waals surface area contributed by atoms with Crippen molar-refractivity contribution in [2.24, 2.45) is 0 Å². The molecular formula is C16H16F2N4S. The number of halogens is 2. The highest BCUT2D eigenvalue weighted by atomic mass is 32.2. The molecule has 2 heterocycles. The van der Waals surface area contributed by atoms with E-state index in [0.717, 1.165) is 23.3 Å². The van der Waals surface area contributed by atoms with Crippen LogP contribution in [0, 0.1) is 18.6 Å². The van der Waals surface area contributed by atoms with Gasteiger partial charge in [-0.3, -0.25) is 0 Å². The number of rotatable bonds is 4. The van der Waals surface area contributed by atoms with Crippen LogP contribution in [-0.2, 0) is 5.75 Å². The lowest BCUT2D eigenvalue weighted by atomic mass is 10.2. The van der Waals surface area contributed by atoms with Gasteiger partial charge in [-0.1, -0.05) is 19.9 Å². The average molecular weight is 334 g/mol. The SMILES string of the molecule is Cc1cc(CSc2cccc(F)c2F)nc2nc(C(C)C)nn12. The first kappa shape index (κ1) is 15.9. The topological polar surface area (TPSA) is 43.1 Å². The summed E-state index contributed by atoms with van der Waals surface area (Å²) >= 11 is 1.21. The minimum atomic E-state index is -0.839. The molecule has 1 aromatic carbocycles. The van der Waals surface area contributed by atoms with Gasteiger partial charge in [-0.2, -0.15) is 4.98 Å². The van der Waals surface area contributed by atoms with E-state index in [0.29, 0.717) is 11.5 Å². The van der Waals surface area contributed by atoms with E-state index in [2.05, 4.69) is 15.1 Å². The van der Waals surface area contributed by atoms with E-state index in [1.54, 1.807) is 10.6 Å². The molecule has 2 aromatic heterocycles. The van der Waals surface area contributed by atoms with Crippen LogP contribution in [0.25, 0.3) is 5.78 Å². The predicted octanol–water partition coefficient (Wildman–Crippen LogP) is 4.13. The van der Waals surface area contributed by atoms with E-state index in [9.17, 15) is 8.78 Å². The summed E-state index contributed by atoms with van der Waals surface area (Å²) in [5.74, 6) is 0.260. The zero-order valence-electron chi connectivity index (χ0n) is 13.0. The molecule has 0 aliphatic rings. The van der Waals surface area contributed by atoms with E-state index in [1.165, 1.54) is 17.8 Å². The Morgan fingerprint density at radius 1 is 1.22 bits per heavy atom. The first-order chi connectivity index (χ1) is 11.0. The second-order valence-electron chi connectivity index (χ2n) is 5.57. The van der Waals surface area contributed by atoms with Crippen LogP contribution in [0.4, 0.5) is 8.78 Å². The van der Waals surface area contributed by atoms with Crippen molar-refractivity contribution in [2.75, 3.05) is 0 Å². The van der Waals surface area contributed by atoms with Crippen molar-refractivity contribution in [3.8, 4) is 0 Å². The summed E-state index contributed by atoms with van der Waals surface area (Å²) in [4.78, 5) is 9.15. The highest BCUT2D eigenvalue weighted by molar-refractivity contribution is 7.98. The lowest BCUT2D eigenvalue weighted by molar-refractivity contribution is 0.491. The number of aryl methyl sites for hydroxylation is 1. The summed E-state index contributed by atoms with van der Waals surface area (Å²) in [6, 6.07) is 6.05. The van der Waals surface area contributed by atoms with Crippen molar-refractivity contribution < 1.29 is 8.78 Å². The van der Waals surface area contributed by atoms with Gasteiger partial charge >= 0.3 is 0 Å². The van der Waals surface area contributed by atoms with Crippen LogP contribution in [0.3, 0.4) is 0 Å². The number of benzene rings is 1. The van der Waals surface area contributed by atoms with Gasteiger partial charge in [0.1, 0.15) is 0 Å². The minimum absolute atomic E-state index is 0.218. The molecule has 0 fully saturated rings. The number of thioether (sulfide) groups is 1. The van der Waals surface area contributed by atoms with Gasteiger partial charge in [-0.05, 0) is 25.1 Å². The molecule has 3 rings (SSSR count). The summed E-state index contributed by atoms with van der Waals surface area (Å²) in [5.41, 5.74) is 1.66. The van der Waals surface area contributed by atoms with Gasteiger partial charge in [-0.25, -0.2) is 18.3 Å². The molecule has 0 spiro atoms. The fraction of sp³-hybridized carbons (Fsp3) is 0.312. The summed E-state index contributed by atoms with van der Waals surface area (Å²) in [6.45, 7) is 5.96. The van der Waals surface area contributed by atoms with Crippen LogP contribution in [0.15, 0.2) is 29.2 Å². The quantitative estimate of drug-likeness (QED) is 0.673. The number of aromatic nitrogens is 4. The van der Waals surface area contributed by atoms with E-state index in [1.807, 2.05) is 26.8 Å². The summed E-state index contributed by atoms with van der Waals surface area (Å²) in [7, 11) is 0. The Morgan fingerprint density at radius 2 is 2.00 bits per heavy atom. The maximum Gasteiger partial charge on any atom is 0.252 e. The molecule has 0 saturated heterocycles. The van der Waals surface area contributed by atoms with Crippen LogP contribution < -0.4 is 0 Å². The average Bonchev–Trinajstić information content (AvgIpc) is 2.94. The molecule has 23 heavy (non-hydrogen) atoms. The van der Waals surface area contributed by atoms with Crippen molar-refractivity contribution in [3.05, 3.63) is 53.1 Å². The van der Waals surface area contributed by atoms with Crippen molar-refractivity contribution >= 4 is 17.5 Å². The van der Waals surface area contributed by atoms with Crippen molar-refractivity contribution in [2.45, 2.75) is 37.3 Å². The largest absolute Gasteiger partial charge is 0.252 e. The summed E-state index contributed by atoms with van der Waals surface area (Å²) < 4.78 is 28.6. The van der Waals surface area contributed by atoms with Gasteiger partial charge in [0, 0.05) is 22.3 Å². The first-order valence-corrected chi connectivity index (χ1v) is 8.24. The number of fused-ring (bicyclic) bond motifs is 1. The van der Waals surface area contributed by atoms with Crippen molar-refractivity contribution in [3.63, 3.8) is 0 Å². The number of nitrogens with zero attached hydrogens (tertiary/aromatic N) is 4. The predicted molar refractivity (Wildman–Crippen MR) is 85.5 cm³/mol. The first-order valence-electron chi connectivity index (χ1n) is 7.25. The Bertz CT molecular complexity index is 861. The van der Waals surface area contributed by atoms with Crippen LogP contribution in [-0.4, -0.2) is 19.6 Å². The smallest absolute Gasteiger partial charge is 0.215 e. The van der Waals surface area contributed by atoms with Gasteiger partial charge in [0.25, 0.3) is 5.78 Å². The van der Waals surface area contributed by atoms with Crippen molar-refractivity contribution in [1.82, 2.24) is 19.6 Å². The van der Waals surface area contributed by atoms with E-state index < -0.39 is 11.6 Å². The molecule has 0 unspecified atom stereocenters. The maximum absolute atomic E-state index is 13.7. The second kappa shape index (κ2) is 6.23. The van der Waals surface area contributed by atoms with Crippen LogP contribution in [0.1, 0.15) is 37.0 Å². The normalized spacial score (nSPS) is 11.6. The van der Waals surface area contributed by atoms with Gasteiger partial charge < -0.3 is 0 Å². The van der Waals surface area contributed by atoms with Gasteiger partial charge in [-0.15, -0.1) is 16.9 Å². The van der Waals surface area contributed by atoms with E-state index in [-0.39, 0.29) is 10.8 Å². The molecule has 0 bridgehead atoms. The van der Waals surface area contributed by atoms with Crippen LogP contribution in [0.5, 0.6) is 0 Å². The fourth-order valence-electron chi connectivity index (χ4n) is 2.16. The molecule has 3 aromatic rings. The third-order valence-corrected chi connectivity index (χ3v) is 4.43. The molecule has 0 aliphatic heterocycles. The fourth-order valence-corrected chi connectivity index (χ4v) is 3.01. The third kappa shape index (κ3) is 3.19. The molecule has 0 atom stereocenters. The standard InChI is InChI=1S/C16H16F2N4S/c1-9(2)15-20-16-19-11(7-10(3)22(16)21-15)8-23-13-6-4-5-12(17)14(13)18/h4-7,9H,8H2,1-3H3. The molecule has 4 nitrogen and oxygen atoms in total. The molecule has 0 amide bonds. The Kier molecular flexibility index (Phi) is 4.30. The van der Waals surface area contributed by atoms with Gasteiger partial charge in [0.15, 0.2) is 17.5 Å². The minimum Gasteiger partial charge on any atom is -0.215 e. The summed E-state index contributed by atoms with van der Waals surface area (Å²) in [5, 5.41) is 4.42. The lowest BCUT2D eigenvalue weighted by Gasteiger charge is -2.05. The third-order valence-electron chi connectivity index (χ3n) is 3.37. The summed E-state index contributed by atoms with van der Waals surface area (Å²) in [6.07, 6.45) is 0. The Morgan fingerprint density at radius 3 is 2.74 bits per heavy atom. The number of hydrogen-bond donors (Lipinski definition) is 0. The van der Waals surface area contributed by atoms with E-state index in [4.69, 9.17) is 0 Å². The highest BCUT2D eigenvalue weighted by Gasteiger charge is 2.13. The molecule has 0 N–H and O–H groups in total. The molecule has 7 heteroatoms. The highest BCUT2D eigenvalue weighted by Crippen LogP contribution is 2.26. The zero-order chi connectivity index (χ0) is 16.6. The monoisotopic (exact) mass is 334 g/mol. The molecule has 120 valence electrons. The second-order valence-corrected chi connectivity index (χ2v) is 6.58.